The fourth-order valence-corrected chi connectivity index (χ4v) is 3.23. The van der Waals surface area contributed by atoms with E-state index in [0.717, 1.165) is 41.0 Å². The summed E-state index contributed by atoms with van der Waals surface area (Å²) in [6.45, 7) is 2.01. The molecule has 2 rings (SSSR count). The first kappa shape index (κ1) is 14.5. The minimum absolute atomic E-state index is 0.589. The van der Waals surface area contributed by atoms with Crippen LogP contribution in [0, 0.1) is 0 Å². The van der Waals surface area contributed by atoms with Gasteiger partial charge in [0.05, 0.1) is 0 Å². The van der Waals surface area contributed by atoms with Gasteiger partial charge in [0.1, 0.15) is 0 Å². The minimum atomic E-state index is 0.589. The van der Waals surface area contributed by atoms with E-state index in [9.17, 15) is 0 Å². The molecule has 1 fully saturated rings. The van der Waals surface area contributed by atoms with Crippen LogP contribution in [0.15, 0.2) is 18.2 Å². The van der Waals surface area contributed by atoms with Crippen molar-refractivity contribution in [3.63, 3.8) is 0 Å². The maximum atomic E-state index is 6.23. The SMILES string of the molecule is ClCCC1CCCCN1Cc1cc(Cl)ccc1Cl. The van der Waals surface area contributed by atoms with Crippen molar-refractivity contribution in [3.8, 4) is 0 Å². The summed E-state index contributed by atoms with van der Waals surface area (Å²) in [5.41, 5.74) is 1.12. The van der Waals surface area contributed by atoms with Crippen molar-refractivity contribution in [3.05, 3.63) is 33.8 Å². The van der Waals surface area contributed by atoms with Crippen LogP contribution in [-0.2, 0) is 6.54 Å². The van der Waals surface area contributed by atoms with E-state index in [-0.39, 0.29) is 0 Å². The fraction of sp³-hybridized carbons (Fsp3) is 0.571. The molecule has 1 heterocycles. The number of piperidine rings is 1. The smallest absolute Gasteiger partial charge is 0.0452 e. The van der Waals surface area contributed by atoms with Crippen LogP contribution in [0.3, 0.4) is 0 Å². The molecule has 0 radical (unpaired) electrons. The number of halogens is 3. The second-order valence-electron chi connectivity index (χ2n) is 4.83. The van der Waals surface area contributed by atoms with Crippen LogP contribution >= 0.6 is 34.8 Å². The first-order valence-electron chi connectivity index (χ1n) is 6.44. The molecule has 18 heavy (non-hydrogen) atoms. The molecule has 1 unspecified atom stereocenters. The number of hydrogen-bond acceptors (Lipinski definition) is 1. The second kappa shape index (κ2) is 7.00. The van der Waals surface area contributed by atoms with Crippen LogP contribution < -0.4 is 0 Å². The Hall–Kier alpha value is 0.0500. The van der Waals surface area contributed by atoms with Crippen molar-refractivity contribution >= 4 is 34.8 Å². The highest BCUT2D eigenvalue weighted by molar-refractivity contribution is 6.33. The monoisotopic (exact) mass is 305 g/mol. The highest BCUT2D eigenvalue weighted by Gasteiger charge is 2.22. The lowest BCUT2D eigenvalue weighted by Gasteiger charge is -2.35. The van der Waals surface area contributed by atoms with E-state index in [1.807, 2.05) is 18.2 Å². The van der Waals surface area contributed by atoms with Crippen molar-refractivity contribution in [2.75, 3.05) is 12.4 Å². The lowest BCUT2D eigenvalue weighted by molar-refractivity contribution is 0.137. The highest BCUT2D eigenvalue weighted by atomic mass is 35.5. The zero-order valence-electron chi connectivity index (χ0n) is 10.3. The summed E-state index contributed by atoms with van der Waals surface area (Å²) in [5, 5.41) is 1.55. The summed E-state index contributed by atoms with van der Waals surface area (Å²) in [6, 6.07) is 6.27. The van der Waals surface area contributed by atoms with Gasteiger partial charge in [0.2, 0.25) is 0 Å². The van der Waals surface area contributed by atoms with Crippen molar-refractivity contribution in [2.45, 2.75) is 38.3 Å². The Morgan fingerprint density at radius 2 is 2.06 bits per heavy atom. The van der Waals surface area contributed by atoms with Crippen LogP contribution in [0.5, 0.6) is 0 Å². The van der Waals surface area contributed by atoms with Gasteiger partial charge in [-0.1, -0.05) is 29.6 Å². The molecule has 0 saturated carbocycles. The molecule has 0 N–H and O–H groups in total. The minimum Gasteiger partial charge on any atom is -0.296 e. The molecule has 0 spiro atoms. The van der Waals surface area contributed by atoms with Gasteiger partial charge in [-0.15, -0.1) is 11.6 Å². The lowest BCUT2D eigenvalue weighted by atomic mass is 9.99. The lowest BCUT2D eigenvalue weighted by Crippen LogP contribution is -2.39. The maximum Gasteiger partial charge on any atom is 0.0452 e. The molecule has 1 aliphatic rings. The van der Waals surface area contributed by atoms with Crippen molar-refractivity contribution in [2.24, 2.45) is 0 Å². The van der Waals surface area contributed by atoms with E-state index in [1.54, 1.807) is 0 Å². The molecule has 1 saturated heterocycles. The summed E-state index contributed by atoms with van der Waals surface area (Å²) < 4.78 is 0. The van der Waals surface area contributed by atoms with Crippen molar-refractivity contribution < 1.29 is 0 Å². The quantitative estimate of drug-likeness (QED) is 0.709. The average molecular weight is 307 g/mol. The Kier molecular flexibility index (Phi) is 5.62. The predicted molar refractivity (Wildman–Crippen MR) is 79.8 cm³/mol. The molecule has 0 bridgehead atoms. The zero-order chi connectivity index (χ0) is 13.0. The second-order valence-corrected chi connectivity index (χ2v) is 6.06. The molecule has 1 aromatic rings. The number of likely N-dealkylation sites (tertiary alicyclic amines) is 1. The van der Waals surface area contributed by atoms with Gasteiger partial charge >= 0.3 is 0 Å². The molecule has 4 heteroatoms. The van der Waals surface area contributed by atoms with Crippen LogP contribution in [0.25, 0.3) is 0 Å². The summed E-state index contributed by atoms with van der Waals surface area (Å²) in [6.07, 6.45) is 4.86. The summed E-state index contributed by atoms with van der Waals surface area (Å²) in [4.78, 5) is 2.49. The zero-order valence-corrected chi connectivity index (χ0v) is 12.6. The molecule has 1 aromatic carbocycles. The van der Waals surface area contributed by atoms with E-state index in [0.29, 0.717) is 6.04 Å². The Morgan fingerprint density at radius 3 is 2.83 bits per heavy atom. The molecule has 1 nitrogen and oxygen atoms in total. The van der Waals surface area contributed by atoms with Crippen molar-refractivity contribution in [1.29, 1.82) is 0 Å². The first-order valence-corrected chi connectivity index (χ1v) is 7.73. The first-order chi connectivity index (χ1) is 8.70. The largest absolute Gasteiger partial charge is 0.296 e. The Balaban J connectivity index is 2.08. The fourth-order valence-electron chi connectivity index (χ4n) is 2.60. The molecule has 1 atom stereocenters. The molecule has 1 aliphatic heterocycles. The molecule has 0 aromatic heterocycles. The summed E-state index contributed by atoms with van der Waals surface area (Å²) in [7, 11) is 0. The molecular formula is C14H18Cl3N. The third-order valence-electron chi connectivity index (χ3n) is 3.57. The van der Waals surface area contributed by atoms with Gasteiger partial charge in [0, 0.05) is 28.5 Å². The molecule has 0 aliphatic carbocycles. The van der Waals surface area contributed by atoms with Crippen LogP contribution in [0.4, 0.5) is 0 Å². The molecule has 100 valence electrons. The summed E-state index contributed by atoms with van der Waals surface area (Å²) >= 11 is 18.1. The average Bonchev–Trinajstić information content (AvgIpc) is 2.36. The standard InChI is InChI=1S/C14H18Cl3N/c15-7-6-13-3-1-2-8-18(13)10-11-9-12(16)4-5-14(11)17/h4-5,9,13H,1-3,6-8,10H2. The normalized spacial score (nSPS) is 21.2. The highest BCUT2D eigenvalue weighted by Crippen LogP contribution is 2.26. The third kappa shape index (κ3) is 3.77. The van der Waals surface area contributed by atoms with Gasteiger partial charge in [-0.2, -0.15) is 0 Å². The van der Waals surface area contributed by atoms with Crippen LogP contribution in [-0.4, -0.2) is 23.4 Å². The van der Waals surface area contributed by atoms with Gasteiger partial charge in [-0.05, 0) is 49.6 Å². The number of nitrogens with zero attached hydrogens (tertiary/aromatic N) is 1. The topological polar surface area (TPSA) is 3.24 Å². The summed E-state index contributed by atoms with van der Waals surface area (Å²) in [5.74, 6) is 0.727. The maximum absolute atomic E-state index is 6.23. The van der Waals surface area contributed by atoms with Gasteiger partial charge in [0.15, 0.2) is 0 Å². The van der Waals surface area contributed by atoms with Gasteiger partial charge in [-0.25, -0.2) is 0 Å². The van der Waals surface area contributed by atoms with E-state index in [4.69, 9.17) is 34.8 Å². The third-order valence-corrected chi connectivity index (χ3v) is 4.39. The van der Waals surface area contributed by atoms with E-state index >= 15 is 0 Å². The van der Waals surface area contributed by atoms with E-state index in [1.165, 1.54) is 19.3 Å². The molecular weight excluding hydrogens is 289 g/mol. The Labute approximate surface area is 124 Å². The van der Waals surface area contributed by atoms with Gasteiger partial charge < -0.3 is 0 Å². The van der Waals surface area contributed by atoms with E-state index in [2.05, 4.69) is 4.90 Å². The Bertz CT molecular complexity index is 393. The van der Waals surface area contributed by atoms with Gasteiger partial charge in [0.25, 0.3) is 0 Å². The Morgan fingerprint density at radius 1 is 1.22 bits per heavy atom. The molecule has 0 amide bonds. The predicted octanol–water partition coefficient (Wildman–Crippen LogP) is 4.98. The van der Waals surface area contributed by atoms with Crippen molar-refractivity contribution in [1.82, 2.24) is 4.90 Å². The number of alkyl halides is 1. The number of rotatable bonds is 4. The van der Waals surface area contributed by atoms with Gasteiger partial charge in [-0.3, -0.25) is 4.90 Å². The van der Waals surface area contributed by atoms with E-state index < -0.39 is 0 Å². The number of benzene rings is 1. The van der Waals surface area contributed by atoms with Crippen LogP contribution in [0.1, 0.15) is 31.2 Å². The van der Waals surface area contributed by atoms with Crippen LogP contribution in [0.2, 0.25) is 10.0 Å². The number of hydrogen-bond donors (Lipinski definition) is 0.